The van der Waals surface area contributed by atoms with Gasteiger partial charge in [-0.25, -0.2) is 18.1 Å². The molecule has 0 bridgehead atoms. The molecule has 1 aromatic heterocycles. The van der Waals surface area contributed by atoms with E-state index in [0.717, 1.165) is 6.26 Å². The van der Waals surface area contributed by atoms with Crippen molar-refractivity contribution in [2.24, 2.45) is 0 Å². The van der Waals surface area contributed by atoms with Crippen molar-refractivity contribution in [3.63, 3.8) is 0 Å². The molecule has 1 fully saturated rings. The van der Waals surface area contributed by atoms with Gasteiger partial charge in [-0.2, -0.15) is 0 Å². The van der Waals surface area contributed by atoms with E-state index in [-0.39, 0.29) is 19.5 Å². The maximum Gasteiger partial charge on any atom is 0.208 e. The molecule has 2 rings (SSSR count). The number of aliphatic hydroxyl groups is 2. The number of aromatic nitrogens is 2. The molecule has 2 heterocycles. The summed E-state index contributed by atoms with van der Waals surface area (Å²) in [6.45, 7) is 0.416. The molecule has 0 saturated carbocycles. The number of aliphatic hydroxyl groups excluding tert-OH is 1. The van der Waals surface area contributed by atoms with Crippen molar-refractivity contribution < 1.29 is 18.6 Å². The van der Waals surface area contributed by atoms with Gasteiger partial charge in [0.05, 0.1) is 12.5 Å². The van der Waals surface area contributed by atoms with Gasteiger partial charge in [-0.3, -0.25) is 4.98 Å². The number of rotatable bonds is 4. The van der Waals surface area contributed by atoms with E-state index in [4.69, 9.17) is 0 Å². The SMILES string of the molecule is CS(=O)(=O)NC[C@]1(O)CCN(c2cnccn2)C[C@H]1O. The molecule has 0 aromatic carbocycles. The summed E-state index contributed by atoms with van der Waals surface area (Å²) in [5.41, 5.74) is -1.47. The molecule has 1 saturated heterocycles. The number of anilines is 1. The summed E-state index contributed by atoms with van der Waals surface area (Å²) in [7, 11) is -3.41. The molecule has 0 unspecified atom stereocenters. The highest BCUT2D eigenvalue weighted by Crippen LogP contribution is 2.25. The molecule has 3 N–H and O–H groups in total. The van der Waals surface area contributed by atoms with E-state index in [1.165, 1.54) is 0 Å². The standard InChI is InChI=1S/C11H18N4O4S/c1-20(18,19)14-8-11(17)2-5-15(7-9(11)16)10-6-12-3-4-13-10/h3-4,6,9,14,16-17H,2,5,7-8H2,1H3/t9-,11-/m1/s1. The van der Waals surface area contributed by atoms with Gasteiger partial charge in [-0.05, 0) is 6.42 Å². The Balaban J connectivity index is 2.02. The third kappa shape index (κ3) is 3.63. The number of nitrogens with zero attached hydrogens (tertiary/aromatic N) is 3. The van der Waals surface area contributed by atoms with Gasteiger partial charge in [0.2, 0.25) is 10.0 Å². The van der Waals surface area contributed by atoms with Gasteiger partial charge in [0.25, 0.3) is 0 Å². The van der Waals surface area contributed by atoms with E-state index in [0.29, 0.717) is 12.4 Å². The van der Waals surface area contributed by atoms with E-state index < -0.39 is 21.7 Å². The third-order valence-corrected chi connectivity index (χ3v) is 4.01. The van der Waals surface area contributed by atoms with Gasteiger partial charge in [0.1, 0.15) is 17.5 Å². The molecule has 9 heteroatoms. The van der Waals surface area contributed by atoms with Crippen LogP contribution in [0.15, 0.2) is 18.6 Å². The fraction of sp³-hybridized carbons (Fsp3) is 0.636. The van der Waals surface area contributed by atoms with E-state index in [2.05, 4.69) is 14.7 Å². The molecule has 20 heavy (non-hydrogen) atoms. The Morgan fingerprint density at radius 1 is 1.55 bits per heavy atom. The topological polar surface area (TPSA) is 116 Å². The molecule has 1 aliphatic rings. The molecular weight excluding hydrogens is 284 g/mol. The van der Waals surface area contributed by atoms with Gasteiger partial charge in [0, 0.05) is 32.0 Å². The quantitative estimate of drug-likeness (QED) is 0.609. The molecule has 8 nitrogen and oxygen atoms in total. The molecular formula is C11H18N4O4S. The van der Waals surface area contributed by atoms with Crippen LogP contribution in [0.2, 0.25) is 0 Å². The first-order valence-corrected chi connectivity index (χ1v) is 8.05. The smallest absolute Gasteiger partial charge is 0.208 e. The Morgan fingerprint density at radius 2 is 2.30 bits per heavy atom. The van der Waals surface area contributed by atoms with Gasteiger partial charge in [-0.15, -0.1) is 0 Å². The van der Waals surface area contributed by atoms with Crippen LogP contribution in [-0.4, -0.2) is 66.2 Å². The zero-order valence-corrected chi connectivity index (χ0v) is 11.9. The van der Waals surface area contributed by atoms with Gasteiger partial charge in [-0.1, -0.05) is 0 Å². The first kappa shape index (κ1) is 15.1. The van der Waals surface area contributed by atoms with Crippen LogP contribution < -0.4 is 9.62 Å². The summed E-state index contributed by atoms with van der Waals surface area (Å²) in [5, 5.41) is 20.4. The molecule has 2 atom stereocenters. The largest absolute Gasteiger partial charge is 0.388 e. The Bertz CT molecular complexity index is 553. The molecule has 0 spiro atoms. The fourth-order valence-electron chi connectivity index (χ4n) is 2.09. The average molecular weight is 302 g/mol. The lowest BCUT2D eigenvalue weighted by molar-refractivity contribution is -0.0809. The monoisotopic (exact) mass is 302 g/mol. The highest BCUT2D eigenvalue weighted by molar-refractivity contribution is 7.88. The summed E-state index contributed by atoms with van der Waals surface area (Å²) < 4.78 is 24.4. The Kier molecular flexibility index (Phi) is 4.23. The second-order valence-corrected chi connectivity index (χ2v) is 6.81. The van der Waals surface area contributed by atoms with E-state index in [1.807, 2.05) is 0 Å². The molecule has 0 aliphatic carbocycles. The van der Waals surface area contributed by atoms with Crippen LogP contribution in [0.3, 0.4) is 0 Å². The fourth-order valence-corrected chi connectivity index (χ4v) is 2.60. The van der Waals surface area contributed by atoms with Crippen molar-refractivity contribution in [2.45, 2.75) is 18.1 Å². The average Bonchev–Trinajstić information content (AvgIpc) is 2.40. The first-order valence-electron chi connectivity index (χ1n) is 6.16. The van der Waals surface area contributed by atoms with Crippen LogP contribution in [0, 0.1) is 0 Å². The minimum Gasteiger partial charge on any atom is -0.388 e. The Hall–Kier alpha value is -1.29. The Labute approximate surface area is 117 Å². The predicted molar refractivity (Wildman–Crippen MR) is 72.7 cm³/mol. The summed E-state index contributed by atoms with van der Waals surface area (Å²) >= 11 is 0. The van der Waals surface area contributed by atoms with Crippen LogP contribution in [0.1, 0.15) is 6.42 Å². The van der Waals surface area contributed by atoms with Crippen LogP contribution in [0.5, 0.6) is 0 Å². The van der Waals surface area contributed by atoms with E-state index >= 15 is 0 Å². The lowest BCUT2D eigenvalue weighted by Gasteiger charge is -2.42. The maximum absolute atomic E-state index is 11.1. The number of sulfonamides is 1. The van der Waals surface area contributed by atoms with Crippen molar-refractivity contribution in [3.8, 4) is 0 Å². The van der Waals surface area contributed by atoms with Crippen molar-refractivity contribution in [1.82, 2.24) is 14.7 Å². The normalized spacial score (nSPS) is 27.6. The summed E-state index contributed by atoms with van der Waals surface area (Å²) in [6, 6.07) is 0. The minimum atomic E-state index is -3.41. The van der Waals surface area contributed by atoms with Gasteiger partial charge < -0.3 is 15.1 Å². The zero-order chi connectivity index (χ0) is 14.8. The van der Waals surface area contributed by atoms with Gasteiger partial charge in [0.15, 0.2) is 0 Å². The highest BCUT2D eigenvalue weighted by atomic mass is 32.2. The lowest BCUT2D eigenvalue weighted by Crippen LogP contribution is -2.60. The van der Waals surface area contributed by atoms with Crippen LogP contribution >= 0.6 is 0 Å². The number of hydrogen-bond acceptors (Lipinski definition) is 7. The summed E-state index contributed by atoms with van der Waals surface area (Å²) in [6.07, 6.45) is 4.84. The number of hydrogen-bond donors (Lipinski definition) is 3. The third-order valence-electron chi connectivity index (χ3n) is 3.34. The summed E-state index contributed by atoms with van der Waals surface area (Å²) in [4.78, 5) is 9.88. The predicted octanol–water partition coefficient (Wildman–Crippen LogP) is -1.67. The molecule has 0 amide bonds. The minimum absolute atomic E-state index is 0.167. The maximum atomic E-state index is 11.1. The lowest BCUT2D eigenvalue weighted by atomic mass is 9.89. The van der Waals surface area contributed by atoms with E-state index in [1.54, 1.807) is 23.5 Å². The second-order valence-electron chi connectivity index (χ2n) is 4.97. The second kappa shape index (κ2) is 5.60. The van der Waals surface area contributed by atoms with E-state index in [9.17, 15) is 18.6 Å². The molecule has 1 aromatic rings. The van der Waals surface area contributed by atoms with Crippen molar-refractivity contribution >= 4 is 15.8 Å². The zero-order valence-electron chi connectivity index (χ0n) is 11.1. The molecule has 0 radical (unpaired) electrons. The van der Waals surface area contributed by atoms with Crippen molar-refractivity contribution in [3.05, 3.63) is 18.6 Å². The van der Waals surface area contributed by atoms with Crippen LogP contribution in [0.25, 0.3) is 0 Å². The Morgan fingerprint density at radius 3 is 2.85 bits per heavy atom. The van der Waals surface area contributed by atoms with Gasteiger partial charge >= 0.3 is 0 Å². The van der Waals surface area contributed by atoms with Crippen LogP contribution in [0.4, 0.5) is 5.82 Å². The molecule has 1 aliphatic heterocycles. The van der Waals surface area contributed by atoms with Crippen molar-refractivity contribution in [1.29, 1.82) is 0 Å². The molecule has 112 valence electrons. The number of piperidine rings is 1. The highest BCUT2D eigenvalue weighted by Gasteiger charge is 2.41. The van der Waals surface area contributed by atoms with Crippen molar-refractivity contribution in [2.75, 3.05) is 30.8 Å². The number of nitrogens with one attached hydrogen (secondary N) is 1. The number of β-amino-alcohol motifs (C(OH)–C–C–N with tert-alkyl or cyclic N) is 1. The summed E-state index contributed by atoms with van der Waals surface area (Å²) in [5.74, 6) is 0.615. The first-order chi connectivity index (χ1) is 9.30. The van der Waals surface area contributed by atoms with Crippen LogP contribution in [-0.2, 0) is 10.0 Å².